The first-order valence-electron chi connectivity index (χ1n) is 4.41. The zero-order valence-corrected chi connectivity index (χ0v) is 8.32. The van der Waals surface area contributed by atoms with Crippen molar-refractivity contribution >= 4 is 5.97 Å². The summed E-state index contributed by atoms with van der Waals surface area (Å²) in [5.41, 5.74) is 8.12. The molecule has 1 rings (SSSR count). The SMILES string of the molecule is Cc1cc(C[C@H](N)C(=O)O)cc(C)n1. The number of aliphatic carboxylic acids is 1. The van der Waals surface area contributed by atoms with Crippen LogP contribution in [-0.2, 0) is 11.2 Å². The molecule has 0 radical (unpaired) electrons. The van der Waals surface area contributed by atoms with Crippen LogP contribution in [-0.4, -0.2) is 22.1 Å². The van der Waals surface area contributed by atoms with Crippen LogP contribution in [0.1, 0.15) is 17.0 Å². The molecule has 0 aromatic carbocycles. The fourth-order valence-electron chi connectivity index (χ4n) is 1.38. The number of hydrogen-bond acceptors (Lipinski definition) is 3. The lowest BCUT2D eigenvalue weighted by Gasteiger charge is -2.07. The number of carboxylic acid groups (broad SMARTS) is 1. The summed E-state index contributed by atoms with van der Waals surface area (Å²) in [6.45, 7) is 3.76. The van der Waals surface area contributed by atoms with Crippen molar-refractivity contribution in [2.75, 3.05) is 0 Å². The number of aryl methyl sites for hydroxylation is 2. The van der Waals surface area contributed by atoms with Gasteiger partial charge in [-0.15, -0.1) is 0 Å². The Balaban J connectivity index is 2.81. The second kappa shape index (κ2) is 4.19. The summed E-state index contributed by atoms with van der Waals surface area (Å²) in [5, 5.41) is 8.64. The van der Waals surface area contributed by atoms with E-state index in [1.807, 2.05) is 26.0 Å². The highest BCUT2D eigenvalue weighted by Crippen LogP contribution is 2.07. The van der Waals surface area contributed by atoms with Crippen LogP contribution in [0.5, 0.6) is 0 Å². The van der Waals surface area contributed by atoms with Gasteiger partial charge >= 0.3 is 5.97 Å². The van der Waals surface area contributed by atoms with Crippen LogP contribution in [0.25, 0.3) is 0 Å². The molecule has 3 N–H and O–H groups in total. The van der Waals surface area contributed by atoms with E-state index in [1.54, 1.807) is 0 Å². The zero-order chi connectivity index (χ0) is 10.7. The maximum Gasteiger partial charge on any atom is 0.320 e. The van der Waals surface area contributed by atoms with E-state index < -0.39 is 12.0 Å². The second-order valence-electron chi connectivity index (χ2n) is 3.41. The Kier molecular flexibility index (Phi) is 3.19. The second-order valence-corrected chi connectivity index (χ2v) is 3.41. The molecule has 76 valence electrons. The molecule has 0 bridgehead atoms. The normalized spacial score (nSPS) is 12.5. The standard InChI is InChI=1S/C10H14N2O2/c1-6-3-8(4-7(2)12-6)5-9(11)10(13)14/h3-4,9H,5,11H2,1-2H3,(H,13,14)/t9-/m0/s1. The molecule has 1 atom stereocenters. The zero-order valence-electron chi connectivity index (χ0n) is 8.32. The van der Waals surface area contributed by atoms with Crippen molar-refractivity contribution in [1.29, 1.82) is 0 Å². The molecule has 0 aliphatic rings. The van der Waals surface area contributed by atoms with Crippen molar-refractivity contribution in [2.24, 2.45) is 5.73 Å². The monoisotopic (exact) mass is 194 g/mol. The first-order valence-corrected chi connectivity index (χ1v) is 4.41. The van der Waals surface area contributed by atoms with Crippen molar-refractivity contribution in [2.45, 2.75) is 26.3 Å². The van der Waals surface area contributed by atoms with E-state index >= 15 is 0 Å². The molecular formula is C10H14N2O2. The van der Waals surface area contributed by atoms with Gasteiger partial charge < -0.3 is 10.8 Å². The van der Waals surface area contributed by atoms with Gasteiger partial charge in [-0.3, -0.25) is 9.78 Å². The Hall–Kier alpha value is -1.42. The summed E-state index contributed by atoms with van der Waals surface area (Å²) in [5.74, 6) is -0.975. The molecule has 0 saturated carbocycles. The first kappa shape index (κ1) is 10.7. The molecule has 4 nitrogen and oxygen atoms in total. The Morgan fingerprint density at radius 3 is 2.43 bits per heavy atom. The number of carboxylic acids is 1. The average Bonchev–Trinajstić information content (AvgIpc) is 2.01. The van der Waals surface area contributed by atoms with E-state index in [-0.39, 0.29) is 0 Å². The van der Waals surface area contributed by atoms with Crippen LogP contribution in [0.4, 0.5) is 0 Å². The van der Waals surface area contributed by atoms with Crippen molar-refractivity contribution in [3.8, 4) is 0 Å². The minimum Gasteiger partial charge on any atom is -0.480 e. The molecule has 1 heterocycles. The van der Waals surface area contributed by atoms with Crippen LogP contribution >= 0.6 is 0 Å². The molecule has 0 aliphatic carbocycles. The van der Waals surface area contributed by atoms with Gasteiger partial charge in [-0.05, 0) is 38.0 Å². The van der Waals surface area contributed by atoms with E-state index in [2.05, 4.69) is 4.98 Å². The summed E-state index contributed by atoms with van der Waals surface area (Å²) >= 11 is 0. The molecule has 14 heavy (non-hydrogen) atoms. The minimum absolute atomic E-state index is 0.347. The van der Waals surface area contributed by atoms with E-state index in [4.69, 9.17) is 10.8 Å². The molecule has 0 aliphatic heterocycles. The van der Waals surface area contributed by atoms with E-state index in [1.165, 1.54) is 0 Å². The number of nitrogens with zero attached hydrogens (tertiary/aromatic N) is 1. The lowest BCUT2D eigenvalue weighted by Crippen LogP contribution is -2.32. The van der Waals surface area contributed by atoms with Gasteiger partial charge in [0.05, 0.1) is 0 Å². The molecule has 1 aromatic heterocycles. The topological polar surface area (TPSA) is 76.2 Å². The van der Waals surface area contributed by atoms with Crippen LogP contribution in [0, 0.1) is 13.8 Å². The van der Waals surface area contributed by atoms with Crippen LogP contribution < -0.4 is 5.73 Å². The predicted octanol–water partition coefficient (Wildman–Crippen LogP) is 0.653. The van der Waals surface area contributed by atoms with Crippen molar-refractivity contribution in [3.63, 3.8) is 0 Å². The number of pyridine rings is 1. The third-order valence-electron chi connectivity index (χ3n) is 1.91. The van der Waals surface area contributed by atoms with E-state index in [0.717, 1.165) is 17.0 Å². The van der Waals surface area contributed by atoms with Gasteiger partial charge in [-0.2, -0.15) is 0 Å². The molecule has 4 heteroatoms. The van der Waals surface area contributed by atoms with Gasteiger partial charge in [-0.25, -0.2) is 0 Å². The first-order chi connectivity index (χ1) is 6.49. The Bertz CT molecular complexity index is 330. The Morgan fingerprint density at radius 1 is 1.50 bits per heavy atom. The molecular weight excluding hydrogens is 180 g/mol. The van der Waals surface area contributed by atoms with Gasteiger partial charge in [-0.1, -0.05) is 0 Å². The minimum atomic E-state index is -0.975. The average molecular weight is 194 g/mol. The third kappa shape index (κ3) is 2.81. The molecule has 0 fully saturated rings. The van der Waals surface area contributed by atoms with Crippen molar-refractivity contribution in [1.82, 2.24) is 4.98 Å². The van der Waals surface area contributed by atoms with Crippen molar-refractivity contribution in [3.05, 3.63) is 29.1 Å². The van der Waals surface area contributed by atoms with Crippen LogP contribution in [0.15, 0.2) is 12.1 Å². The number of aromatic nitrogens is 1. The number of hydrogen-bond donors (Lipinski definition) is 2. The summed E-state index contributed by atoms with van der Waals surface area (Å²) in [7, 11) is 0. The highest BCUT2D eigenvalue weighted by molar-refractivity contribution is 5.73. The quantitative estimate of drug-likeness (QED) is 0.740. The number of nitrogens with two attached hydrogens (primary N) is 1. The van der Waals surface area contributed by atoms with E-state index in [0.29, 0.717) is 6.42 Å². The summed E-state index contributed by atoms with van der Waals surface area (Å²) in [6.07, 6.45) is 0.347. The molecule has 0 amide bonds. The molecule has 1 aromatic rings. The fraction of sp³-hybridized carbons (Fsp3) is 0.400. The third-order valence-corrected chi connectivity index (χ3v) is 1.91. The van der Waals surface area contributed by atoms with Gasteiger partial charge in [0, 0.05) is 11.4 Å². The molecule has 0 unspecified atom stereocenters. The van der Waals surface area contributed by atoms with Gasteiger partial charge in [0.2, 0.25) is 0 Å². The van der Waals surface area contributed by atoms with Gasteiger partial charge in [0.15, 0.2) is 0 Å². The highest BCUT2D eigenvalue weighted by Gasteiger charge is 2.12. The predicted molar refractivity (Wildman–Crippen MR) is 53.0 cm³/mol. The lowest BCUT2D eigenvalue weighted by molar-refractivity contribution is -0.138. The molecule has 0 spiro atoms. The summed E-state index contributed by atoms with van der Waals surface area (Å²) < 4.78 is 0. The Labute approximate surface area is 82.8 Å². The smallest absolute Gasteiger partial charge is 0.320 e. The summed E-state index contributed by atoms with van der Waals surface area (Å²) in [4.78, 5) is 14.7. The Morgan fingerprint density at radius 2 is 2.00 bits per heavy atom. The highest BCUT2D eigenvalue weighted by atomic mass is 16.4. The largest absolute Gasteiger partial charge is 0.480 e. The lowest BCUT2D eigenvalue weighted by atomic mass is 10.1. The maximum absolute atomic E-state index is 10.5. The van der Waals surface area contributed by atoms with E-state index in [9.17, 15) is 4.79 Å². The summed E-state index contributed by atoms with van der Waals surface area (Å²) in [6, 6.07) is 2.88. The van der Waals surface area contributed by atoms with Crippen LogP contribution in [0.3, 0.4) is 0 Å². The fourth-order valence-corrected chi connectivity index (χ4v) is 1.38. The van der Waals surface area contributed by atoms with Gasteiger partial charge in [0.1, 0.15) is 6.04 Å². The maximum atomic E-state index is 10.5. The number of carbonyl (C=O) groups is 1. The van der Waals surface area contributed by atoms with Crippen molar-refractivity contribution < 1.29 is 9.90 Å². The number of rotatable bonds is 3. The van der Waals surface area contributed by atoms with Crippen LogP contribution in [0.2, 0.25) is 0 Å². The van der Waals surface area contributed by atoms with Gasteiger partial charge in [0.25, 0.3) is 0 Å². The molecule has 0 saturated heterocycles.